The van der Waals surface area contributed by atoms with Gasteiger partial charge in [-0.1, -0.05) is 19.1 Å². The first-order valence-corrected chi connectivity index (χ1v) is 7.10. The van der Waals surface area contributed by atoms with Crippen LogP contribution in [0.25, 0.3) is 0 Å². The van der Waals surface area contributed by atoms with Gasteiger partial charge < -0.3 is 19.8 Å². The molecule has 0 radical (unpaired) electrons. The number of nitrogens with zero attached hydrogens (tertiary/aromatic N) is 1. The third-order valence-corrected chi connectivity index (χ3v) is 3.71. The van der Waals surface area contributed by atoms with Crippen LogP contribution in [-0.4, -0.2) is 22.5 Å². The summed E-state index contributed by atoms with van der Waals surface area (Å²) in [6.07, 6.45) is 0.920. The molecule has 0 saturated heterocycles. The first kappa shape index (κ1) is 15.8. The smallest absolute Gasteiger partial charge is 0.263 e. The van der Waals surface area contributed by atoms with Crippen LogP contribution in [-0.2, 0) is 13.5 Å². The van der Waals surface area contributed by atoms with Gasteiger partial charge >= 0.3 is 0 Å². The predicted molar refractivity (Wildman–Crippen MR) is 86.3 cm³/mol. The van der Waals surface area contributed by atoms with E-state index in [1.165, 1.54) is 4.57 Å². The zero-order chi connectivity index (χ0) is 16.3. The molecule has 5 nitrogen and oxygen atoms in total. The Morgan fingerprint density at radius 2 is 1.95 bits per heavy atom. The van der Waals surface area contributed by atoms with Crippen LogP contribution in [0.2, 0.25) is 0 Å². The molecule has 2 rings (SSSR count). The van der Waals surface area contributed by atoms with Gasteiger partial charge in [-0.25, -0.2) is 0 Å². The Balaban J connectivity index is 2.40. The van der Waals surface area contributed by atoms with E-state index in [4.69, 9.17) is 10.1 Å². The van der Waals surface area contributed by atoms with Crippen LogP contribution in [0.3, 0.4) is 0 Å². The Kier molecular flexibility index (Phi) is 4.65. The Morgan fingerprint density at radius 3 is 2.50 bits per heavy atom. The summed E-state index contributed by atoms with van der Waals surface area (Å²) in [5.41, 5.74) is 1.60. The molecule has 5 heteroatoms. The summed E-state index contributed by atoms with van der Waals surface area (Å²) in [4.78, 5) is 12.3. The zero-order valence-electron chi connectivity index (χ0n) is 13.0. The van der Waals surface area contributed by atoms with Gasteiger partial charge in [-0.2, -0.15) is 0 Å². The van der Waals surface area contributed by atoms with Gasteiger partial charge in [-0.3, -0.25) is 4.79 Å². The van der Waals surface area contributed by atoms with E-state index in [1.807, 2.05) is 24.3 Å². The summed E-state index contributed by atoms with van der Waals surface area (Å²) in [6.45, 7) is 1.78. The topological polar surface area (TPSA) is 75.3 Å². The maximum atomic E-state index is 12.3. The van der Waals surface area contributed by atoms with E-state index in [0.717, 1.165) is 11.3 Å². The van der Waals surface area contributed by atoms with Crippen molar-refractivity contribution in [3.8, 4) is 11.5 Å². The molecule has 22 heavy (non-hydrogen) atoms. The molecule has 0 bridgehead atoms. The van der Waals surface area contributed by atoms with Crippen LogP contribution in [0.5, 0.6) is 11.5 Å². The molecule has 2 N–H and O–H groups in total. The van der Waals surface area contributed by atoms with Crippen molar-refractivity contribution in [2.24, 2.45) is 7.05 Å². The molecule has 0 amide bonds. The van der Waals surface area contributed by atoms with Crippen molar-refractivity contribution in [1.82, 2.24) is 4.57 Å². The lowest BCUT2D eigenvalue weighted by Crippen LogP contribution is -2.26. The number of ether oxygens (including phenoxy) is 1. The Morgan fingerprint density at radius 1 is 1.32 bits per heavy atom. The molecule has 0 unspecified atom stereocenters. The van der Waals surface area contributed by atoms with Crippen LogP contribution < -0.4 is 10.3 Å². The van der Waals surface area contributed by atoms with Crippen molar-refractivity contribution >= 4 is 5.71 Å². The summed E-state index contributed by atoms with van der Waals surface area (Å²) in [5.74, 6) is 0.644. The second-order valence-electron chi connectivity index (χ2n) is 5.12. The maximum Gasteiger partial charge on any atom is 0.263 e. The molecule has 116 valence electrons. The number of aromatic nitrogens is 1. The average Bonchev–Trinajstić information content (AvgIpc) is 2.52. The van der Waals surface area contributed by atoms with Crippen LogP contribution in [0.4, 0.5) is 0 Å². The van der Waals surface area contributed by atoms with Crippen molar-refractivity contribution in [1.29, 1.82) is 5.41 Å². The average molecular weight is 300 g/mol. The lowest BCUT2D eigenvalue weighted by molar-refractivity contribution is 0.414. The van der Waals surface area contributed by atoms with Crippen molar-refractivity contribution in [2.45, 2.75) is 19.8 Å². The molecule has 0 aliphatic heterocycles. The monoisotopic (exact) mass is 300 g/mol. The number of aromatic hydroxyl groups is 1. The first-order valence-electron chi connectivity index (χ1n) is 7.10. The summed E-state index contributed by atoms with van der Waals surface area (Å²) in [5, 5.41) is 17.9. The van der Waals surface area contributed by atoms with Gasteiger partial charge in [-0.15, -0.1) is 0 Å². The minimum atomic E-state index is -0.338. The van der Waals surface area contributed by atoms with E-state index in [-0.39, 0.29) is 22.6 Å². The van der Waals surface area contributed by atoms with Crippen LogP contribution >= 0.6 is 0 Å². The SMILES string of the molecule is CCC(=N)c1c(O)cc(Cc2ccc(OC)cc2)n(C)c1=O. The summed E-state index contributed by atoms with van der Waals surface area (Å²) in [6, 6.07) is 9.11. The van der Waals surface area contributed by atoms with Crippen molar-refractivity contribution in [3.63, 3.8) is 0 Å². The Bertz CT molecular complexity index is 746. The lowest BCUT2D eigenvalue weighted by Gasteiger charge is -2.13. The van der Waals surface area contributed by atoms with Crippen molar-refractivity contribution in [2.75, 3.05) is 7.11 Å². The van der Waals surface area contributed by atoms with E-state index >= 15 is 0 Å². The highest BCUT2D eigenvalue weighted by atomic mass is 16.5. The van der Waals surface area contributed by atoms with Crippen LogP contribution in [0.1, 0.15) is 30.2 Å². The molecule has 2 aromatic rings. The largest absolute Gasteiger partial charge is 0.507 e. The first-order chi connectivity index (χ1) is 10.5. The van der Waals surface area contributed by atoms with Gasteiger partial charge in [0.1, 0.15) is 17.1 Å². The summed E-state index contributed by atoms with van der Waals surface area (Å²) >= 11 is 0. The Hall–Kier alpha value is -2.56. The third kappa shape index (κ3) is 3.03. The quantitative estimate of drug-likeness (QED) is 0.833. The van der Waals surface area contributed by atoms with E-state index in [0.29, 0.717) is 18.5 Å². The van der Waals surface area contributed by atoms with Crippen molar-refractivity contribution in [3.05, 3.63) is 57.5 Å². The number of pyridine rings is 1. The highest BCUT2D eigenvalue weighted by Gasteiger charge is 2.15. The molecule has 1 heterocycles. The number of nitrogens with one attached hydrogen (secondary N) is 1. The number of rotatable bonds is 5. The van der Waals surface area contributed by atoms with E-state index in [1.54, 1.807) is 27.1 Å². The van der Waals surface area contributed by atoms with Crippen LogP contribution in [0.15, 0.2) is 35.1 Å². The number of hydrogen-bond acceptors (Lipinski definition) is 4. The highest BCUT2D eigenvalue weighted by Crippen LogP contribution is 2.19. The van der Waals surface area contributed by atoms with Gasteiger partial charge in [0.25, 0.3) is 5.56 Å². The number of benzene rings is 1. The molecule has 1 aromatic heterocycles. The molecule has 1 aromatic carbocycles. The van der Waals surface area contributed by atoms with Gasteiger partial charge in [0.05, 0.1) is 7.11 Å². The molecular formula is C17H20N2O3. The minimum Gasteiger partial charge on any atom is -0.507 e. The normalized spacial score (nSPS) is 10.5. The Labute approximate surface area is 129 Å². The minimum absolute atomic E-state index is 0.0866. The second kappa shape index (κ2) is 6.47. The van der Waals surface area contributed by atoms with Gasteiger partial charge in [0, 0.05) is 30.9 Å². The van der Waals surface area contributed by atoms with Crippen LogP contribution in [0, 0.1) is 5.41 Å². The van der Waals surface area contributed by atoms with Gasteiger partial charge in [0.2, 0.25) is 0 Å². The molecular weight excluding hydrogens is 280 g/mol. The second-order valence-corrected chi connectivity index (χ2v) is 5.12. The van der Waals surface area contributed by atoms with E-state index in [9.17, 15) is 9.90 Å². The maximum absolute atomic E-state index is 12.3. The lowest BCUT2D eigenvalue weighted by atomic mass is 10.0. The standard InChI is InChI=1S/C17H20N2O3/c1-4-14(18)16-15(20)10-12(19(2)17(16)21)9-11-5-7-13(22-3)8-6-11/h5-8,10,18,20H,4,9H2,1-3H3. The molecule has 0 aliphatic carbocycles. The fourth-order valence-corrected chi connectivity index (χ4v) is 2.32. The van der Waals surface area contributed by atoms with Gasteiger partial charge in [0.15, 0.2) is 0 Å². The van der Waals surface area contributed by atoms with E-state index < -0.39 is 0 Å². The summed E-state index contributed by atoms with van der Waals surface area (Å²) in [7, 11) is 3.27. The fraction of sp³-hybridized carbons (Fsp3) is 0.294. The number of hydrogen-bond donors (Lipinski definition) is 2. The predicted octanol–water partition coefficient (Wildman–Crippen LogP) is 2.47. The third-order valence-electron chi connectivity index (χ3n) is 3.71. The molecule has 0 spiro atoms. The fourth-order valence-electron chi connectivity index (χ4n) is 2.32. The molecule has 0 fully saturated rings. The summed E-state index contributed by atoms with van der Waals surface area (Å²) < 4.78 is 6.61. The zero-order valence-corrected chi connectivity index (χ0v) is 13.0. The van der Waals surface area contributed by atoms with Gasteiger partial charge in [-0.05, 0) is 24.1 Å². The number of methoxy groups -OCH3 is 1. The highest BCUT2D eigenvalue weighted by molar-refractivity contribution is 6.00. The van der Waals surface area contributed by atoms with Crippen molar-refractivity contribution < 1.29 is 9.84 Å². The molecule has 0 atom stereocenters. The molecule has 0 aliphatic rings. The molecule has 0 saturated carbocycles. The van der Waals surface area contributed by atoms with E-state index in [2.05, 4.69) is 0 Å².